The van der Waals surface area contributed by atoms with Crippen LogP contribution < -0.4 is 4.74 Å². The molecule has 2 aliphatic heterocycles. The number of hydrogen-bond acceptors (Lipinski definition) is 5. The lowest BCUT2D eigenvalue weighted by molar-refractivity contribution is -0.158. The van der Waals surface area contributed by atoms with Gasteiger partial charge in [0.05, 0.1) is 19.4 Å². The van der Waals surface area contributed by atoms with E-state index in [-0.39, 0.29) is 24.1 Å². The summed E-state index contributed by atoms with van der Waals surface area (Å²) in [4.78, 5) is 32.5. The van der Waals surface area contributed by atoms with E-state index in [1.54, 1.807) is 17.0 Å². The highest BCUT2D eigenvalue weighted by Gasteiger charge is 2.48. The van der Waals surface area contributed by atoms with Gasteiger partial charge in [-0.3, -0.25) is 9.59 Å². The Morgan fingerprint density at radius 2 is 1.83 bits per heavy atom. The van der Waals surface area contributed by atoms with E-state index in [4.69, 9.17) is 4.74 Å². The lowest BCUT2D eigenvalue weighted by Crippen LogP contribution is -2.61. The molecule has 6 rings (SSSR count). The fraction of sp³-hybridized carbons (Fsp3) is 0.179. The second kappa shape index (κ2) is 8.57. The van der Waals surface area contributed by atoms with Crippen molar-refractivity contribution in [2.45, 2.75) is 18.5 Å². The average molecular weight is 481 g/mol. The molecule has 2 N–H and O–H groups in total. The van der Waals surface area contributed by atoms with E-state index in [9.17, 15) is 14.7 Å². The summed E-state index contributed by atoms with van der Waals surface area (Å²) >= 11 is 0. The van der Waals surface area contributed by atoms with E-state index >= 15 is 0 Å². The minimum absolute atomic E-state index is 0.0122. The Bertz CT molecular complexity index is 1510. The topological polar surface area (TPSA) is 98.2 Å². The first-order valence-electron chi connectivity index (χ1n) is 11.7. The van der Waals surface area contributed by atoms with Crippen molar-refractivity contribution in [2.75, 3.05) is 13.7 Å². The number of amides is 2. The second-order valence-corrected chi connectivity index (χ2v) is 8.97. The van der Waals surface area contributed by atoms with Crippen LogP contribution in [0.25, 0.3) is 10.9 Å². The molecule has 2 aliphatic rings. The molecule has 0 aliphatic carbocycles. The van der Waals surface area contributed by atoms with Gasteiger partial charge in [0.25, 0.3) is 5.91 Å². The zero-order chi connectivity index (χ0) is 24.8. The number of aromatic amines is 1. The predicted molar refractivity (Wildman–Crippen MR) is 135 cm³/mol. The van der Waals surface area contributed by atoms with Crippen LogP contribution in [0.4, 0.5) is 0 Å². The number of fused-ring (bicyclic) bond motifs is 4. The number of aromatic hydroxyl groups is 1. The van der Waals surface area contributed by atoms with Crippen molar-refractivity contribution in [3.8, 4) is 11.5 Å². The molecule has 8 nitrogen and oxygen atoms in total. The minimum atomic E-state index is -0.672. The quantitative estimate of drug-likeness (QED) is 0.436. The first-order chi connectivity index (χ1) is 17.5. The highest BCUT2D eigenvalue weighted by molar-refractivity contribution is 5.98. The molecule has 0 bridgehead atoms. The Hall–Kier alpha value is -4.59. The van der Waals surface area contributed by atoms with E-state index in [1.165, 1.54) is 24.4 Å². The van der Waals surface area contributed by atoms with Gasteiger partial charge in [-0.1, -0.05) is 48.5 Å². The summed E-state index contributed by atoms with van der Waals surface area (Å²) in [7, 11) is 1.46. The number of nitrogens with one attached hydrogen (secondary N) is 1. The number of ether oxygens (including phenoxy) is 1. The molecule has 8 heteroatoms. The zero-order valence-corrected chi connectivity index (χ0v) is 19.6. The van der Waals surface area contributed by atoms with Gasteiger partial charge in [0.1, 0.15) is 12.6 Å². The Morgan fingerprint density at radius 1 is 1.06 bits per heavy atom. The molecule has 4 aromatic rings. The third-order valence-electron chi connectivity index (χ3n) is 6.91. The summed E-state index contributed by atoms with van der Waals surface area (Å²) in [5.41, 5.74) is 4.57. The highest BCUT2D eigenvalue weighted by atomic mass is 16.5. The molecule has 2 atom stereocenters. The monoisotopic (exact) mass is 480 g/mol. The summed E-state index contributed by atoms with van der Waals surface area (Å²) in [6.07, 6.45) is 1.91. The Labute approximate surface area is 207 Å². The van der Waals surface area contributed by atoms with Crippen LogP contribution in [0.15, 0.2) is 77.9 Å². The van der Waals surface area contributed by atoms with Crippen LogP contribution >= 0.6 is 0 Å². The van der Waals surface area contributed by atoms with Crippen LogP contribution in [0.2, 0.25) is 0 Å². The number of H-pyrrole nitrogens is 1. The molecule has 3 heterocycles. The van der Waals surface area contributed by atoms with Gasteiger partial charge >= 0.3 is 0 Å². The number of phenols is 1. The molecular formula is C28H24N4O4. The Morgan fingerprint density at radius 3 is 2.64 bits per heavy atom. The number of rotatable bonds is 4. The second-order valence-electron chi connectivity index (χ2n) is 8.97. The van der Waals surface area contributed by atoms with Crippen molar-refractivity contribution in [1.82, 2.24) is 14.9 Å². The van der Waals surface area contributed by atoms with Gasteiger partial charge in [0.2, 0.25) is 5.91 Å². The maximum Gasteiger partial charge on any atom is 0.266 e. The van der Waals surface area contributed by atoms with Gasteiger partial charge in [-0.15, -0.1) is 0 Å². The average Bonchev–Trinajstić information content (AvgIpc) is 3.28. The van der Waals surface area contributed by atoms with E-state index < -0.39 is 12.1 Å². The number of aromatic nitrogens is 1. The maximum absolute atomic E-state index is 13.7. The number of para-hydroxylation sites is 1. The Balaban J connectivity index is 1.40. The van der Waals surface area contributed by atoms with Crippen LogP contribution in [0, 0.1) is 0 Å². The van der Waals surface area contributed by atoms with Crippen LogP contribution in [0.3, 0.4) is 0 Å². The molecule has 0 unspecified atom stereocenters. The van der Waals surface area contributed by atoms with Gasteiger partial charge in [0, 0.05) is 23.0 Å². The van der Waals surface area contributed by atoms with Crippen molar-refractivity contribution in [2.24, 2.45) is 5.10 Å². The van der Waals surface area contributed by atoms with Crippen molar-refractivity contribution in [1.29, 1.82) is 0 Å². The van der Waals surface area contributed by atoms with Crippen molar-refractivity contribution in [3.05, 3.63) is 95.2 Å². The summed E-state index contributed by atoms with van der Waals surface area (Å²) in [6.45, 7) is -0.153. The van der Waals surface area contributed by atoms with Gasteiger partial charge in [0.15, 0.2) is 11.5 Å². The summed E-state index contributed by atoms with van der Waals surface area (Å²) < 4.78 is 5.14. The standard InChI is InChI=1S/C28H24N4O4/c1-36-24-13-17(11-12-23(24)33)15-29-31-16-25(34)32-22(28(31)35)14-20-19-9-5-6-10-21(19)30-26(20)27(32)18-7-3-2-4-8-18/h2-13,15,22,27,30,33H,14,16H2,1H3/b29-15-/t22-,27-/m0/s1. The highest BCUT2D eigenvalue weighted by Crippen LogP contribution is 2.42. The van der Waals surface area contributed by atoms with Crippen molar-refractivity contribution in [3.63, 3.8) is 0 Å². The number of carbonyl (C=O) groups is 2. The number of phenolic OH excluding ortho intramolecular Hbond substituents is 1. The molecule has 180 valence electrons. The normalized spacial score (nSPS) is 19.6. The third kappa shape index (κ3) is 3.50. The van der Waals surface area contributed by atoms with Crippen molar-refractivity contribution < 1.29 is 19.4 Å². The SMILES string of the molecule is COc1cc(/C=N\N2CC(=O)N3[C@@H](c4ccccc4)c4[nH]c5ccccc5c4C[C@H]3C2=O)ccc1O. The molecule has 36 heavy (non-hydrogen) atoms. The molecule has 1 fully saturated rings. The fourth-order valence-corrected chi connectivity index (χ4v) is 5.24. The predicted octanol–water partition coefficient (Wildman–Crippen LogP) is 3.60. The minimum Gasteiger partial charge on any atom is -0.504 e. The lowest BCUT2D eigenvalue weighted by atomic mass is 9.86. The number of hydrazone groups is 1. The molecular weight excluding hydrogens is 456 g/mol. The van der Waals surface area contributed by atoms with E-state index in [1.807, 2.05) is 54.6 Å². The fourth-order valence-electron chi connectivity index (χ4n) is 5.24. The first-order valence-corrected chi connectivity index (χ1v) is 11.7. The van der Waals surface area contributed by atoms with Crippen LogP contribution in [0.1, 0.15) is 28.4 Å². The Kier molecular flexibility index (Phi) is 5.21. The van der Waals surface area contributed by atoms with Gasteiger partial charge in [-0.25, -0.2) is 5.01 Å². The number of methoxy groups -OCH3 is 1. The molecule has 0 radical (unpaired) electrons. The number of benzene rings is 3. The largest absolute Gasteiger partial charge is 0.504 e. The lowest BCUT2D eigenvalue weighted by Gasteiger charge is -2.45. The van der Waals surface area contributed by atoms with Gasteiger partial charge < -0.3 is 19.7 Å². The smallest absolute Gasteiger partial charge is 0.266 e. The summed E-state index contributed by atoms with van der Waals surface area (Å²) in [5.74, 6) is -0.0825. The van der Waals surface area contributed by atoms with Gasteiger partial charge in [-0.05, 0) is 41.0 Å². The number of nitrogens with zero attached hydrogens (tertiary/aromatic N) is 3. The maximum atomic E-state index is 13.7. The van der Waals surface area contributed by atoms with Crippen LogP contribution in [-0.2, 0) is 16.0 Å². The molecule has 0 spiro atoms. The molecule has 3 aromatic carbocycles. The zero-order valence-electron chi connectivity index (χ0n) is 19.6. The number of piperazine rings is 1. The van der Waals surface area contributed by atoms with Crippen LogP contribution in [0.5, 0.6) is 11.5 Å². The third-order valence-corrected chi connectivity index (χ3v) is 6.91. The number of hydrogen-bond donors (Lipinski definition) is 2. The molecule has 1 saturated heterocycles. The van der Waals surface area contributed by atoms with Crippen molar-refractivity contribution >= 4 is 28.9 Å². The molecule has 1 aromatic heterocycles. The molecule has 2 amide bonds. The molecule has 0 saturated carbocycles. The summed E-state index contributed by atoms with van der Waals surface area (Å²) in [5, 5.41) is 16.5. The van der Waals surface area contributed by atoms with E-state index in [0.717, 1.165) is 27.7 Å². The number of carbonyl (C=O) groups excluding carboxylic acids is 2. The van der Waals surface area contributed by atoms with Gasteiger partial charge in [-0.2, -0.15) is 5.10 Å². The van der Waals surface area contributed by atoms with E-state index in [2.05, 4.69) is 10.1 Å². The van der Waals surface area contributed by atoms with E-state index in [0.29, 0.717) is 17.7 Å². The van der Waals surface area contributed by atoms with Crippen LogP contribution in [-0.4, -0.2) is 57.7 Å². The summed E-state index contributed by atoms with van der Waals surface area (Å²) in [6, 6.07) is 21.5. The first kappa shape index (κ1) is 21.9.